The molecule has 14 nitrogen and oxygen atoms in total. The fourth-order valence-corrected chi connectivity index (χ4v) is 8.14. The smallest absolute Gasteiger partial charge is 0.351 e. The number of halogens is 1. The van der Waals surface area contributed by atoms with Crippen molar-refractivity contribution in [2.24, 2.45) is 22.7 Å². The summed E-state index contributed by atoms with van der Waals surface area (Å²) in [6.45, 7) is 12.6. The van der Waals surface area contributed by atoms with Gasteiger partial charge in [-0.25, -0.2) is 14.2 Å². The number of aliphatic hydroxyl groups is 1. The van der Waals surface area contributed by atoms with Crippen molar-refractivity contribution >= 4 is 35.1 Å². The van der Waals surface area contributed by atoms with Crippen LogP contribution in [0.25, 0.3) is 0 Å². The van der Waals surface area contributed by atoms with Crippen molar-refractivity contribution in [3.8, 4) is 0 Å². The molecule has 0 radical (unpaired) electrons. The van der Waals surface area contributed by atoms with Crippen LogP contribution in [0.5, 0.6) is 0 Å². The summed E-state index contributed by atoms with van der Waals surface area (Å²) in [6, 6.07) is -0.309. The second kappa shape index (κ2) is 15.7. The van der Waals surface area contributed by atoms with E-state index in [-0.39, 0.29) is 38.0 Å². The lowest BCUT2D eigenvalue weighted by Gasteiger charge is -2.49. The van der Waals surface area contributed by atoms with Crippen molar-refractivity contribution in [1.29, 1.82) is 0 Å². The van der Waals surface area contributed by atoms with Crippen molar-refractivity contribution in [2.45, 2.75) is 148 Å². The standard InChI is InChI=1S/C36H55FN2O12/c1-11-24-36(9,45)31-20(5)27(38-25(41)12-2)18(3)14-34(7,47-17-22(40)16-46-31)30(21(6)29(43)35(8,37)33(44)49-24)51-32-28-23(13-19(4)48-32)39(10)15-26(42)50-28/h18-21,23-24,28,30-32,45H,11-17H2,1-10H3/b38-27+/t18-,19-,20+,21+,23+,24-,28-,30-,31-,32+,34-,35+,36-/m1/s1. The molecule has 13 atom stereocenters. The fraction of sp³-hybridized carbons (Fsp3) is 0.833. The quantitative estimate of drug-likeness (QED) is 0.331. The lowest BCUT2D eigenvalue weighted by Crippen LogP contribution is -2.64. The molecule has 4 saturated heterocycles. The van der Waals surface area contributed by atoms with Crippen LogP contribution in [0.2, 0.25) is 0 Å². The summed E-state index contributed by atoms with van der Waals surface area (Å²) in [4.78, 5) is 73.0. The molecular formula is C36H55FN2O12. The Labute approximate surface area is 299 Å². The molecule has 0 unspecified atom stereocenters. The normalized spacial score (nSPS) is 44.4. The Bertz CT molecular complexity index is 1390. The summed E-state index contributed by atoms with van der Waals surface area (Å²) < 4.78 is 53.3. The number of hydrogen-bond donors (Lipinski definition) is 1. The van der Waals surface area contributed by atoms with Crippen LogP contribution < -0.4 is 0 Å². The van der Waals surface area contributed by atoms with Crippen molar-refractivity contribution in [1.82, 2.24) is 4.90 Å². The molecule has 4 rings (SSSR count). The first-order valence-corrected chi connectivity index (χ1v) is 17.9. The van der Waals surface area contributed by atoms with Gasteiger partial charge in [0.05, 0.1) is 36.5 Å². The van der Waals surface area contributed by atoms with Gasteiger partial charge in [0.25, 0.3) is 5.67 Å². The third kappa shape index (κ3) is 8.43. The highest BCUT2D eigenvalue weighted by Gasteiger charge is 2.57. The zero-order chi connectivity index (χ0) is 38.2. The van der Waals surface area contributed by atoms with Crippen LogP contribution >= 0.6 is 0 Å². The van der Waals surface area contributed by atoms with Crippen LogP contribution in [0.1, 0.15) is 88.0 Å². The summed E-state index contributed by atoms with van der Waals surface area (Å²) in [5.41, 5.74) is -6.58. The van der Waals surface area contributed by atoms with Gasteiger partial charge >= 0.3 is 11.9 Å². The number of morpholine rings is 1. The van der Waals surface area contributed by atoms with Crippen LogP contribution in [-0.2, 0) is 52.4 Å². The summed E-state index contributed by atoms with van der Waals surface area (Å²) >= 11 is 0. The number of hydrogen-bond acceptors (Lipinski definition) is 13. The average Bonchev–Trinajstić information content (AvgIpc) is 3.07. The Kier molecular flexibility index (Phi) is 12.7. The Morgan fingerprint density at radius 3 is 2.33 bits per heavy atom. The van der Waals surface area contributed by atoms with Crippen LogP contribution in [0.3, 0.4) is 0 Å². The van der Waals surface area contributed by atoms with Crippen LogP contribution in [0, 0.1) is 17.8 Å². The predicted octanol–water partition coefficient (Wildman–Crippen LogP) is 2.54. The summed E-state index contributed by atoms with van der Waals surface area (Å²) in [5, 5.41) is 12.0. The molecule has 0 saturated carbocycles. The van der Waals surface area contributed by atoms with Gasteiger partial charge < -0.3 is 33.5 Å². The largest absolute Gasteiger partial charge is 0.457 e. The number of Topliss-reactive ketones (excluding diaryl/α,β-unsaturated/α-hetero) is 2. The third-order valence-electron chi connectivity index (χ3n) is 10.9. The van der Waals surface area contributed by atoms with Gasteiger partial charge in [-0.05, 0) is 59.9 Å². The lowest BCUT2D eigenvalue weighted by atomic mass is 9.73. The molecule has 2 bridgehead atoms. The van der Waals surface area contributed by atoms with Gasteiger partial charge in [-0.2, -0.15) is 0 Å². The Morgan fingerprint density at radius 2 is 1.71 bits per heavy atom. The molecule has 4 aliphatic rings. The number of aliphatic imine (C=N–C) groups is 1. The highest BCUT2D eigenvalue weighted by atomic mass is 19.1. The molecule has 4 heterocycles. The molecule has 15 heteroatoms. The van der Waals surface area contributed by atoms with E-state index in [0.717, 1.165) is 6.92 Å². The predicted molar refractivity (Wildman–Crippen MR) is 179 cm³/mol. The van der Waals surface area contributed by atoms with E-state index in [4.69, 9.17) is 28.4 Å². The number of likely N-dealkylation sites (N-methyl/N-ethyl adjacent to an activating group) is 1. The Morgan fingerprint density at radius 1 is 1.04 bits per heavy atom. The minimum atomic E-state index is -3.22. The number of nitrogens with zero attached hydrogens (tertiary/aromatic N) is 2. The second-order valence-corrected chi connectivity index (χ2v) is 15.3. The molecule has 4 fully saturated rings. The molecule has 4 aliphatic heterocycles. The average molecular weight is 727 g/mol. The summed E-state index contributed by atoms with van der Waals surface area (Å²) in [6.07, 6.45) is -6.14. The fourth-order valence-electron chi connectivity index (χ4n) is 8.14. The SMILES string of the molecule is CCC(=O)/N=C1\[C@H](C)C[C@@]2(C)OCC(=O)CO[C@H]([C@H]1C)[C@](C)(O)[C@@H](CC)OC(=O)[C@@](C)(F)C(=O)[C@H](C)[C@H]2O[C@@H]1O[C@H](C)C[C@H]2[C@H]1OC(=O)CN2C. The van der Waals surface area contributed by atoms with Crippen LogP contribution in [0.15, 0.2) is 4.99 Å². The van der Waals surface area contributed by atoms with Gasteiger partial charge in [0.1, 0.15) is 24.9 Å². The van der Waals surface area contributed by atoms with Crippen molar-refractivity contribution < 1.29 is 61.9 Å². The number of esters is 2. The number of ketones is 2. The summed E-state index contributed by atoms with van der Waals surface area (Å²) in [5.74, 6) is -7.15. The van der Waals surface area contributed by atoms with E-state index in [1.807, 2.05) is 11.8 Å². The van der Waals surface area contributed by atoms with Gasteiger partial charge in [0.15, 0.2) is 24.0 Å². The van der Waals surface area contributed by atoms with Gasteiger partial charge in [-0.15, -0.1) is 0 Å². The first kappa shape index (κ1) is 41.1. The van der Waals surface area contributed by atoms with Crippen molar-refractivity contribution in [3.05, 3.63) is 0 Å². The van der Waals surface area contributed by atoms with Crippen LogP contribution in [-0.4, -0.2) is 132 Å². The molecule has 51 heavy (non-hydrogen) atoms. The zero-order valence-electron chi connectivity index (χ0n) is 31.4. The van der Waals surface area contributed by atoms with E-state index >= 15 is 4.39 Å². The summed E-state index contributed by atoms with van der Waals surface area (Å²) in [7, 11) is 1.78. The Hall–Kier alpha value is -2.69. The van der Waals surface area contributed by atoms with E-state index < -0.39 is 108 Å². The Balaban J connectivity index is 1.96. The number of carbonyl (C=O) groups is 5. The number of fused-ring (bicyclic) bond motifs is 6. The molecule has 0 aromatic rings. The van der Waals surface area contributed by atoms with Crippen molar-refractivity contribution in [2.75, 3.05) is 26.8 Å². The number of amides is 1. The maximum absolute atomic E-state index is 16.7. The molecular weight excluding hydrogens is 671 g/mol. The zero-order valence-corrected chi connectivity index (χ0v) is 31.4. The van der Waals surface area contributed by atoms with Gasteiger partial charge in [-0.1, -0.05) is 34.6 Å². The molecule has 288 valence electrons. The molecule has 0 aromatic heterocycles. The molecule has 0 aliphatic carbocycles. The molecule has 1 amide bonds. The highest BCUT2D eigenvalue weighted by Crippen LogP contribution is 2.41. The van der Waals surface area contributed by atoms with E-state index in [0.29, 0.717) is 12.1 Å². The third-order valence-corrected chi connectivity index (χ3v) is 10.9. The first-order valence-electron chi connectivity index (χ1n) is 17.9. The lowest BCUT2D eigenvalue weighted by molar-refractivity contribution is -0.305. The number of rotatable bonds is 4. The van der Waals surface area contributed by atoms with E-state index in [1.54, 1.807) is 41.7 Å². The van der Waals surface area contributed by atoms with Crippen LogP contribution in [0.4, 0.5) is 4.39 Å². The van der Waals surface area contributed by atoms with Gasteiger partial charge in [-0.3, -0.25) is 24.1 Å². The number of ether oxygens (including phenoxy) is 6. The first-order chi connectivity index (χ1) is 23.7. The van der Waals surface area contributed by atoms with E-state index in [1.165, 1.54) is 13.8 Å². The molecule has 0 spiro atoms. The van der Waals surface area contributed by atoms with Gasteiger partial charge in [0, 0.05) is 24.0 Å². The number of carbonyl (C=O) groups excluding carboxylic acids is 5. The second-order valence-electron chi connectivity index (χ2n) is 15.3. The minimum Gasteiger partial charge on any atom is -0.457 e. The van der Waals surface area contributed by atoms with E-state index in [9.17, 15) is 29.1 Å². The maximum Gasteiger partial charge on any atom is 0.351 e. The maximum atomic E-state index is 16.7. The molecule has 0 aromatic carbocycles. The number of cyclic esters (lactones) is 1. The van der Waals surface area contributed by atoms with Crippen molar-refractivity contribution in [3.63, 3.8) is 0 Å². The highest BCUT2D eigenvalue weighted by molar-refractivity contribution is 6.08. The molecule has 1 N–H and O–H groups in total. The monoisotopic (exact) mass is 726 g/mol. The topological polar surface area (TPSA) is 177 Å². The minimum absolute atomic E-state index is 0.0190. The number of alkyl halides is 1. The van der Waals surface area contributed by atoms with Gasteiger partial charge in [0.2, 0.25) is 5.91 Å². The van der Waals surface area contributed by atoms with E-state index in [2.05, 4.69) is 4.99 Å².